The fourth-order valence-corrected chi connectivity index (χ4v) is 3.72. The van der Waals surface area contributed by atoms with Gasteiger partial charge >= 0.3 is 0 Å². The average Bonchev–Trinajstić information content (AvgIpc) is 2.74. The second-order valence-electron chi connectivity index (χ2n) is 4.49. The van der Waals surface area contributed by atoms with Gasteiger partial charge in [0.2, 0.25) is 0 Å². The second kappa shape index (κ2) is 5.95. The van der Waals surface area contributed by atoms with E-state index in [4.69, 9.17) is 4.98 Å². The Hall–Kier alpha value is -0.710. The van der Waals surface area contributed by atoms with E-state index in [1.807, 2.05) is 19.2 Å². The molecule has 0 saturated heterocycles. The van der Waals surface area contributed by atoms with Crippen molar-refractivity contribution in [3.63, 3.8) is 0 Å². The predicted molar refractivity (Wildman–Crippen MR) is 82.1 cm³/mol. The number of thiazole rings is 1. The third-order valence-electron chi connectivity index (χ3n) is 2.72. The van der Waals surface area contributed by atoms with E-state index in [-0.39, 0.29) is 0 Å². The van der Waals surface area contributed by atoms with Crippen molar-refractivity contribution < 1.29 is 0 Å². The highest BCUT2D eigenvalue weighted by Gasteiger charge is 2.15. The van der Waals surface area contributed by atoms with Crippen molar-refractivity contribution in [3.8, 4) is 10.6 Å². The van der Waals surface area contributed by atoms with Crippen LogP contribution in [0, 0.1) is 0 Å². The summed E-state index contributed by atoms with van der Waals surface area (Å²) < 4.78 is 1.10. The van der Waals surface area contributed by atoms with Crippen molar-refractivity contribution in [1.82, 2.24) is 10.3 Å². The Balaban J connectivity index is 2.47. The molecule has 2 aromatic rings. The smallest absolute Gasteiger partial charge is 0.125 e. The van der Waals surface area contributed by atoms with E-state index >= 15 is 0 Å². The molecule has 1 aromatic heterocycles. The summed E-state index contributed by atoms with van der Waals surface area (Å²) in [5, 5.41) is 4.31. The lowest BCUT2D eigenvalue weighted by atomic mass is 10.1. The van der Waals surface area contributed by atoms with E-state index in [9.17, 15) is 0 Å². The van der Waals surface area contributed by atoms with Gasteiger partial charge in [-0.25, -0.2) is 4.98 Å². The van der Waals surface area contributed by atoms with Gasteiger partial charge in [0.1, 0.15) is 5.01 Å². The van der Waals surface area contributed by atoms with Crippen LogP contribution in [-0.4, -0.2) is 12.0 Å². The molecule has 0 saturated carbocycles. The summed E-state index contributed by atoms with van der Waals surface area (Å²) in [6, 6.07) is 8.24. The minimum Gasteiger partial charge on any atom is -0.315 e. The Morgan fingerprint density at radius 2 is 2.06 bits per heavy atom. The number of halogens is 1. The highest BCUT2D eigenvalue weighted by atomic mass is 79.9. The van der Waals surface area contributed by atoms with Crippen molar-refractivity contribution in [2.45, 2.75) is 26.3 Å². The Labute approximate surface area is 121 Å². The lowest BCUT2D eigenvalue weighted by Crippen LogP contribution is -2.06. The van der Waals surface area contributed by atoms with Crippen LogP contribution in [0.25, 0.3) is 10.6 Å². The summed E-state index contributed by atoms with van der Waals surface area (Å²) in [5.41, 5.74) is 2.38. The number of hydrogen-bond donors (Lipinski definition) is 1. The third kappa shape index (κ3) is 2.82. The topological polar surface area (TPSA) is 24.9 Å². The summed E-state index contributed by atoms with van der Waals surface area (Å²) in [5.74, 6) is 0.459. The van der Waals surface area contributed by atoms with E-state index in [0.717, 1.165) is 16.0 Å². The van der Waals surface area contributed by atoms with Gasteiger partial charge in [-0.1, -0.05) is 48.0 Å². The van der Waals surface area contributed by atoms with Gasteiger partial charge in [-0.05, 0) is 19.0 Å². The van der Waals surface area contributed by atoms with Gasteiger partial charge in [0.05, 0.1) is 5.69 Å². The first kappa shape index (κ1) is 13.7. The fourth-order valence-electron chi connectivity index (χ4n) is 1.85. The Bertz CT molecular complexity index is 534. The van der Waals surface area contributed by atoms with Gasteiger partial charge in [0, 0.05) is 21.5 Å². The molecule has 0 unspecified atom stereocenters. The fraction of sp³-hybridized carbons (Fsp3) is 0.357. The molecule has 0 spiro atoms. The summed E-state index contributed by atoms with van der Waals surface area (Å²) in [6.07, 6.45) is 0. The van der Waals surface area contributed by atoms with Crippen LogP contribution in [0.2, 0.25) is 0 Å². The van der Waals surface area contributed by atoms with Gasteiger partial charge in [-0.2, -0.15) is 0 Å². The minimum atomic E-state index is 0.459. The van der Waals surface area contributed by atoms with E-state index in [0.29, 0.717) is 5.92 Å². The standard InChI is InChI=1S/C14H17BrN2S/c1-9(2)13-12(8-16-3)18-14(17-13)10-6-4-5-7-11(10)15/h4-7,9,16H,8H2,1-3H3. The first-order chi connectivity index (χ1) is 8.63. The third-order valence-corrected chi connectivity index (χ3v) is 4.51. The van der Waals surface area contributed by atoms with Crippen LogP contribution in [0.15, 0.2) is 28.7 Å². The molecule has 4 heteroatoms. The molecule has 0 atom stereocenters. The van der Waals surface area contributed by atoms with Gasteiger partial charge in [-0.3, -0.25) is 0 Å². The maximum atomic E-state index is 4.81. The van der Waals surface area contributed by atoms with Gasteiger partial charge in [0.25, 0.3) is 0 Å². The van der Waals surface area contributed by atoms with Crippen LogP contribution in [0.5, 0.6) is 0 Å². The van der Waals surface area contributed by atoms with E-state index in [1.165, 1.54) is 16.1 Å². The van der Waals surface area contributed by atoms with E-state index in [1.54, 1.807) is 11.3 Å². The lowest BCUT2D eigenvalue weighted by Gasteiger charge is -2.03. The van der Waals surface area contributed by atoms with Crippen LogP contribution in [0.4, 0.5) is 0 Å². The summed E-state index contributed by atoms with van der Waals surface area (Å²) >= 11 is 5.37. The van der Waals surface area contributed by atoms with Gasteiger partial charge < -0.3 is 5.32 Å². The number of hydrogen-bond acceptors (Lipinski definition) is 3. The van der Waals surface area contributed by atoms with Crippen molar-refractivity contribution in [3.05, 3.63) is 39.3 Å². The minimum absolute atomic E-state index is 0.459. The molecule has 18 heavy (non-hydrogen) atoms. The molecule has 0 aliphatic carbocycles. The summed E-state index contributed by atoms with van der Waals surface area (Å²) in [4.78, 5) is 6.14. The van der Waals surface area contributed by atoms with Gasteiger partial charge in [-0.15, -0.1) is 11.3 Å². The van der Waals surface area contributed by atoms with E-state index in [2.05, 4.69) is 47.2 Å². The molecule has 0 aliphatic heterocycles. The number of aromatic nitrogens is 1. The first-order valence-corrected chi connectivity index (χ1v) is 7.63. The quantitative estimate of drug-likeness (QED) is 0.900. The maximum absolute atomic E-state index is 4.81. The van der Waals surface area contributed by atoms with Crippen LogP contribution >= 0.6 is 27.3 Å². The van der Waals surface area contributed by atoms with Crippen LogP contribution in [-0.2, 0) is 6.54 Å². The molecule has 0 amide bonds. The summed E-state index contributed by atoms with van der Waals surface area (Å²) in [6.45, 7) is 5.27. The molecule has 1 aromatic carbocycles. The summed E-state index contributed by atoms with van der Waals surface area (Å²) in [7, 11) is 1.97. The highest BCUT2D eigenvalue weighted by Crippen LogP contribution is 2.35. The first-order valence-electron chi connectivity index (χ1n) is 6.02. The lowest BCUT2D eigenvalue weighted by molar-refractivity contribution is 0.771. The van der Waals surface area contributed by atoms with Crippen molar-refractivity contribution in [1.29, 1.82) is 0 Å². The molecule has 2 rings (SSSR count). The number of rotatable bonds is 4. The van der Waals surface area contributed by atoms with Crippen molar-refractivity contribution >= 4 is 27.3 Å². The Morgan fingerprint density at radius 1 is 1.33 bits per heavy atom. The van der Waals surface area contributed by atoms with E-state index < -0.39 is 0 Å². The molecule has 0 fully saturated rings. The van der Waals surface area contributed by atoms with Gasteiger partial charge in [0.15, 0.2) is 0 Å². The zero-order chi connectivity index (χ0) is 13.1. The Morgan fingerprint density at radius 3 is 2.67 bits per heavy atom. The number of nitrogens with one attached hydrogen (secondary N) is 1. The highest BCUT2D eigenvalue weighted by molar-refractivity contribution is 9.10. The zero-order valence-electron chi connectivity index (χ0n) is 10.8. The molecule has 2 nitrogen and oxygen atoms in total. The molecule has 0 bridgehead atoms. The van der Waals surface area contributed by atoms with Crippen molar-refractivity contribution in [2.75, 3.05) is 7.05 Å². The molecular formula is C14H17BrN2S. The van der Waals surface area contributed by atoms with Crippen molar-refractivity contribution in [2.24, 2.45) is 0 Å². The monoisotopic (exact) mass is 324 g/mol. The number of nitrogens with zero attached hydrogens (tertiary/aromatic N) is 1. The molecule has 1 N–H and O–H groups in total. The second-order valence-corrected chi connectivity index (χ2v) is 6.43. The Kier molecular flexibility index (Phi) is 4.54. The molecule has 96 valence electrons. The molecule has 0 aliphatic rings. The normalized spacial score (nSPS) is 11.2. The van der Waals surface area contributed by atoms with Crippen LogP contribution in [0.1, 0.15) is 30.3 Å². The molecule has 1 heterocycles. The van der Waals surface area contributed by atoms with Crippen LogP contribution < -0.4 is 5.32 Å². The number of benzene rings is 1. The predicted octanol–water partition coefficient (Wildman–Crippen LogP) is 4.42. The maximum Gasteiger partial charge on any atom is 0.125 e. The molecule has 0 radical (unpaired) electrons. The SMILES string of the molecule is CNCc1sc(-c2ccccc2Br)nc1C(C)C. The zero-order valence-corrected chi connectivity index (χ0v) is 13.2. The van der Waals surface area contributed by atoms with Crippen LogP contribution in [0.3, 0.4) is 0 Å². The largest absolute Gasteiger partial charge is 0.315 e. The molecular weight excluding hydrogens is 308 g/mol. The average molecular weight is 325 g/mol.